The summed E-state index contributed by atoms with van der Waals surface area (Å²) < 4.78 is 5.68. The molecular weight excluding hydrogens is 274 g/mol. The number of hydrogen-bond acceptors (Lipinski definition) is 3. The summed E-state index contributed by atoms with van der Waals surface area (Å²) >= 11 is 5.97. The lowest BCUT2D eigenvalue weighted by molar-refractivity contribution is -0.153. The van der Waals surface area contributed by atoms with Crippen molar-refractivity contribution in [3.05, 3.63) is 34.9 Å². The quantitative estimate of drug-likeness (QED) is 0.784. The van der Waals surface area contributed by atoms with Crippen molar-refractivity contribution in [1.29, 1.82) is 0 Å². The molecule has 0 aromatic heterocycles. The Morgan fingerprint density at radius 1 is 1.30 bits per heavy atom. The molecule has 4 atom stereocenters. The first-order valence-electron chi connectivity index (χ1n) is 7.21. The van der Waals surface area contributed by atoms with Crippen LogP contribution in [0.1, 0.15) is 37.7 Å². The second-order valence-corrected chi connectivity index (χ2v) is 6.37. The van der Waals surface area contributed by atoms with Gasteiger partial charge in [0, 0.05) is 29.9 Å². The Morgan fingerprint density at radius 3 is 2.65 bits per heavy atom. The van der Waals surface area contributed by atoms with Crippen molar-refractivity contribution >= 4 is 17.6 Å². The average molecular weight is 294 g/mol. The minimum Gasteiger partial charge on any atom is -0.460 e. The largest absolute Gasteiger partial charge is 0.460 e. The summed E-state index contributed by atoms with van der Waals surface area (Å²) in [6, 6.07) is 8.91. The molecule has 108 valence electrons. The van der Waals surface area contributed by atoms with Crippen molar-refractivity contribution in [3.8, 4) is 0 Å². The Balaban J connectivity index is 1.91. The molecule has 2 aliphatic heterocycles. The molecule has 1 aromatic rings. The van der Waals surface area contributed by atoms with Crippen molar-refractivity contribution in [3.63, 3.8) is 0 Å². The third-order valence-electron chi connectivity index (χ3n) is 4.80. The van der Waals surface area contributed by atoms with Crippen LogP contribution in [0.3, 0.4) is 0 Å². The van der Waals surface area contributed by atoms with Gasteiger partial charge in [0.05, 0.1) is 0 Å². The summed E-state index contributed by atoms with van der Waals surface area (Å²) in [6.45, 7) is 1.50. The van der Waals surface area contributed by atoms with Gasteiger partial charge in [0.1, 0.15) is 6.10 Å². The van der Waals surface area contributed by atoms with E-state index in [1.54, 1.807) is 0 Å². The molecule has 1 aromatic carbocycles. The number of hydrogen-bond donors (Lipinski definition) is 0. The number of nitrogens with zero attached hydrogens (tertiary/aromatic N) is 1. The summed E-state index contributed by atoms with van der Waals surface area (Å²) in [6.07, 6.45) is 3.32. The van der Waals surface area contributed by atoms with Gasteiger partial charge in [-0.1, -0.05) is 23.7 Å². The Morgan fingerprint density at radius 2 is 2.00 bits per heavy atom. The van der Waals surface area contributed by atoms with Crippen molar-refractivity contribution in [2.75, 3.05) is 7.05 Å². The summed E-state index contributed by atoms with van der Waals surface area (Å²) in [5, 5.41) is 0.744. The number of esters is 1. The minimum atomic E-state index is -0.187. The fraction of sp³-hybridized carbons (Fsp3) is 0.562. The standard InChI is InChI=1S/C16H20ClNO2/c1-10(19)20-16-14(11-3-5-12(17)6-4-11)9-13-7-8-15(16)18(13)2/h3-6,13-16H,7-9H2,1-2H3/t13-,14-,15-,16-/m1/s1. The van der Waals surface area contributed by atoms with Gasteiger partial charge in [0.25, 0.3) is 0 Å². The van der Waals surface area contributed by atoms with Crippen LogP contribution in [-0.4, -0.2) is 36.1 Å². The fourth-order valence-electron chi connectivity index (χ4n) is 3.80. The third-order valence-corrected chi connectivity index (χ3v) is 5.05. The molecule has 2 heterocycles. The molecule has 3 rings (SSSR count). The summed E-state index contributed by atoms with van der Waals surface area (Å²) in [5.41, 5.74) is 1.23. The number of fused-ring (bicyclic) bond motifs is 2. The highest BCUT2D eigenvalue weighted by molar-refractivity contribution is 6.30. The van der Waals surface area contributed by atoms with Crippen molar-refractivity contribution < 1.29 is 9.53 Å². The summed E-state index contributed by atoms with van der Waals surface area (Å²) in [5.74, 6) is 0.0950. The minimum absolute atomic E-state index is 0.0441. The van der Waals surface area contributed by atoms with Crippen LogP contribution in [0.2, 0.25) is 5.02 Å². The lowest BCUT2D eigenvalue weighted by Gasteiger charge is -2.42. The molecule has 0 unspecified atom stereocenters. The first-order valence-corrected chi connectivity index (χ1v) is 7.58. The van der Waals surface area contributed by atoms with Crippen molar-refractivity contribution in [1.82, 2.24) is 4.90 Å². The molecule has 2 bridgehead atoms. The molecular formula is C16H20ClNO2. The number of ether oxygens (including phenoxy) is 1. The van der Waals surface area contributed by atoms with Gasteiger partial charge >= 0.3 is 5.97 Å². The van der Waals surface area contributed by atoms with E-state index in [-0.39, 0.29) is 18.0 Å². The Bertz CT molecular complexity index is 502. The van der Waals surface area contributed by atoms with E-state index in [0.717, 1.165) is 17.9 Å². The van der Waals surface area contributed by atoms with Crippen LogP contribution in [0.5, 0.6) is 0 Å². The number of halogens is 1. The summed E-state index contributed by atoms with van der Waals surface area (Å²) in [4.78, 5) is 13.9. The molecule has 0 radical (unpaired) electrons. The maximum Gasteiger partial charge on any atom is 0.302 e. The Kier molecular flexibility index (Phi) is 3.74. The van der Waals surface area contributed by atoms with Gasteiger partial charge in [0.2, 0.25) is 0 Å². The van der Waals surface area contributed by atoms with Gasteiger partial charge in [0.15, 0.2) is 0 Å². The molecule has 0 N–H and O–H groups in total. The fourth-order valence-corrected chi connectivity index (χ4v) is 3.93. The molecule has 2 aliphatic rings. The topological polar surface area (TPSA) is 29.5 Å². The second-order valence-electron chi connectivity index (χ2n) is 5.93. The maximum absolute atomic E-state index is 11.5. The number of carbonyl (C=O) groups is 1. The smallest absolute Gasteiger partial charge is 0.302 e. The normalized spacial score (nSPS) is 33.1. The van der Waals surface area contributed by atoms with Gasteiger partial charge in [-0.25, -0.2) is 0 Å². The first-order chi connectivity index (χ1) is 9.56. The van der Waals surface area contributed by atoms with Gasteiger partial charge < -0.3 is 4.74 Å². The number of rotatable bonds is 2. The van der Waals surface area contributed by atoms with E-state index in [4.69, 9.17) is 16.3 Å². The first kappa shape index (κ1) is 13.9. The van der Waals surface area contributed by atoms with E-state index in [1.807, 2.05) is 12.1 Å². The van der Waals surface area contributed by atoms with Gasteiger partial charge in [-0.3, -0.25) is 9.69 Å². The molecule has 0 aliphatic carbocycles. The predicted octanol–water partition coefficient (Wildman–Crippen LogP) is 3.22. The molecule has 4 heteroatoms. The van der Waals surface area contributed by atoms with E-state index in [2.05, 4.69) is 24.1 Å². The third kappa shape index (κ3) is 2.45. The second kappa shape index (κ2) is 5.38. The van der Waals surface area contributed by atoms with Crippen LogP contribution >= 0.6 is 11.6 Å². The highest BCUT2D eigenvalue weighted by atomic mass is 35.5. The van der Waals surface area contributed by atoms with Gasteiger partial charge in [-0.05, 0) is 44.0 Å². The number of carbonyl (C=O) groups excluding carboxylic acids is 1. The lowest BCUT2D eigenvalue weighted by Crippen LogP contribution is -2.50. The van der Waals surface area contributed by atoms with Gasteiger partial charge in [-0.15, -0.1) is 0 Å². The average Bonchev–Trinajstić information content (AvgIpc) is 2.65. The molecule has 0 amide bonds. The van der Waals surface area contributed by atoms with E-state index >= 15 is 0 Å². The van der Waals surface area contributed by atoms with E-state index in [0.29, 0.717) is 12.1 Å². The highest BCUT2D eigenvalue weighted by Crippen LogP contribution is 2.44. The van der Waals surface area contributed by atoms with Crippen LogP contribution in [0.4, 0.5) is 0 Å². The number of likely N-dealkylation sites (N-methyl/N-ethyl adjacent to an activating group) is 1. The van der Waals surface area contributed by atoms with Crippen molar-refractivity contribution in [2.45, 2.75) is 50.3 Å². The van der Waals surface area contributed by atoms with Crippen LogP contribution in [0.25, 0.3) is 0 Å². The van der Waals surface area contributed by atoms with Gasteiger partial charge in [-0.2, -0.15) is 0 Å². The molecule has 0 saturated carbocycles. The van der Waals surface area contributed by atoms with Crippen LogP contribution < -0.4 is 0 Å². The molecule has 2 fully saturated rings. The number of piperidine rings is 1. The molecule has 0 spiro atoms. The lowest BCUT2D eigenvalue weighted by atomic mass is 9.82. The highest BCUT2D eigenvalue weighted by Gasteiger charge is 2.47. The van der Waals surface area contributed by atoms with E-state index in [1.165, 1.54) is 18.9 Å². The van der Waals surface area contributed by atoms with E-state index in [9.17, 15) is 4.79 Å². The van der Waals surface area contributed by atoms with Crippen LogP contribution in [0.15, 0.2) is 24.3 Å². The zero-order valence-corrected chi connectivity index (χ0v) is 12.6. The van der Waals surface area contributed by atoms with Crippen LogP contribution in [-0.2, 0) is 9.53 Å². The predicted molar refractivity (Wildman–Crippen MR) is 78.9 cm³/mol. The maximum atomic E-state index is 11.5. The van der Waals surface area contributed by atoms with Crippen LogP contribution in [0, 0.1) is 0 Å². The zero-order valence-electron chi connectivity index (χ0n) is 11.9. The summed E-state index contributed by atoms with van der Waals surface area (Å²) in [7, 11) is 2.15. The van der Waals surface area contributed by atoms with Crippen molar-refractivity contribution in [2.24, 2.45) is 0 Å². The molecule has 2 saturated heterocycles. The number of benzene rings is 1. The molecule has 3 nitrogen and oxygen atoms in total. The zero-order chi connectivity index (χ0) is 14.3. The Hall–Kier alpha value is -1.06. The molecule has 20 heavy (non-hydrogen) atoms. The van der Waals surface area contributed by atoms with E-state index < -0.39 is 0 Å². The SMILES string of the molecule is CC(=O)O[C@@H]1[C@@H](c2ccc(Cl)cc2)C[C@H]2CC[C@H]1N2C. The Labute approximate surface area is 124 Å². The monoisotopic (exact) mass is 293 g/mol.